The van der Waals surface area contributed by atoms with Crippen LogP contribution in [0.15, 0.2) is 53.0 Å². The van der Waals surface area contributed by atoms with E-state index in [9.17, 15) is 4.79 Å². The Morgan fingerprint density at radius 2 is 2.04 bits per heavy atom. The number of anilines is 2. The van der Waals surface area contributed by atoms with Crippen molar-refractivity contribution in [1.29, 1.82) is 0 Å². The summed E-state index contributed by atoms with van der Waals surface area (Å²) in [6.45, 7) is 0. The SMILES string of the molecule is Nc1nc2n(n1)[C@H](c1ccc(Cl)cc1)C1=C(C[C@@H](c3cccs3)CC1=O)N2. The van der Waals surface area contributed by atoms with E-state index in [1.165, 1.54) is 4.88 Å². The summed E-state index contributed by atoms with van der Waals surface area (Å²) in [4.78, 5) is 18.7. The third-order valence-electron chi connectivity index (χ3n) is 5.07. The molecule has 2 aliphatic rings. The van der Waals surface area contributed by atoms with E-state index in [1.807, 2.05) is 35.7 Å². The fraction of sp³-hybridized carbons (Fsp3) is 0.211. The number of nitrogen functional groups attached to an aromatic ring is 1. The first-order chi connectivity index (χ1) is 13.1. The maximum Gasteiger partial charge on any atom is 0.241 e. The fourth-order valence-corrected chi connectivity index (χ4v) is 4.86. The third-order valence-corrected chi connectivity index (χ3v) is 6.35. The van der Waals surface area contributed by atoms with E-state index in [0.717, 1.165) is 23.3 Å². The van der Waals surface area contributed by atoms with Gasteiger partial charge in [0, 0.05) is 33.5 Å². The lowest BCUT2D eigenvalue weighted by Crippen LogP contribution is -2.33. The van der Waals surface area contributed by atoms with Crippen molar-refractivity contribution in [2.75, 3.05) is 11.1 Å². The minimum atomic E-state index is -0.352. The number of ketones is 1. The summed E-state index contributed by atoms with van der Waals surface area (Å²) in [7, 11) is 0. The van der Waals surface area contributed by atoms with E-state index in [-0.39, 0.29) is 23.7 Å². The van der Waals surface area contributed by atoms with E-state index < -0.39 is 0 Å². The Morgan fingerprint density at radius 3 is 2.78 bits per heavy atom. The number of carbonyl (C=O) groups is 1. The molecule has 27 heavy (non-hydrogen) atoms. The topological polar surface area (TPSA) is 85.8 Å². The van der Waals surface area contributed by atoms with Gasteiger partial charge >= 0.3 is 0 Å². The van der Waals surface area contributed by atoms with Crippen LogP contribution in [0.2, 0.25) is 5.02 Å². The molecule has 2 aromatic heterocycles. The first-order valence-electron chi connectivity index (χ1n) is 8.64. The predicted octanol–water partition coefficient (Wildman–Crippen LogP) is 3.99. The van der Waals surface area contributed by atoms with Crippen LogP contribution in [0.3, 0.4) is 0 Å². The van der Waals surface area contributed by atoms with Crippen molar-refractivity contribution in [1.82, 2.24) is 14.8 Å². The summed E-state index contributed by atoms with van der Waals surface area (Å²) in [5.74, 6) is 1.05. The lowest BCUT2D eigenvalue weighted by molar-refractivity contribution is -0.116. The second kappa shape index (κ2) is 6.21. The second-order valence-electron chi connectivity index (χ2n) is 6.75. The summed E-state index contributed by atoms with van der Waals surface area (Å²) in [5, 5.41) is 10.3. The van der Waals surface area contributed by atoms with Gasteiger partial charge in [0.2, 0.25) is 11.9 Å². The minimum Gasteiger partial charge on any atom is -0.366 e. The number of nitrogens with zero attached hydrogens (tertiary/aromatic N) is 3. The molecule has 6 nitrogen and oxygen atoms in total. The van der Waals surface area contributed by atoms with Gasteiger partial charge in [-0.15, -0.1) is 16.4 Å². The molecule has 0 unspecified atom stereocenters. The molecule has 136 valence electrons. The third kappa shape index (κ3) is 2.74. The van der Waals surface area contributed by atoms with E-state index in [0.29, 0.717) is 17.4 Å². The predicted molar refractivity (Wildman–Crippen MR) is 106 cm³/mol. The monoisotopic (exact) mass is 397 g/mol. The summed E-state index contributed by atoms with van der Waals surface area (Å²) in [6, 6.07) is 11.2. The van der Waals surface area contributed by atoms with Gasteiger partial charge in [-0.25, -0.2) is 4.68 Å². The smallest absolute Gasteiger partial charge is 0.241 e. The highest BCUT2D eigenvalue weighted by Gasteiger charge is 2.39. The maximum atomic E-state index is 13.2. The molecule has 3 heterocycles. The number of benzene rings is 1. The minimum absolute atomic E-state index is 0.127. The summed E-state index contributed by atoms with van der Waals surface area (Å²) < 4.78 is 1.70. The Hall–Kier alpha value is -2.64. The molecule has 0 saturated heterocycles. The van der Waals surface area contributed by atoms with E-state index in [4.69, 9.17) is 17.3 Å². The average Bonchev–Trinajstić information content (AvgIpc) is 3.29. The number of nitrogens with one attached hydrogen (secondary N) is 1. The Kier molecular flexibility index (Phi) is 3.80. The van der Waals surface area contributed by atoms with Crippen molar-refractivity contribution in [3.8, 4) is 0 Å². The summed E-state index contributed by atoms with van der Waals surface area (Å²) in [6.07, 6.45) is 1.25. The van der Waals surface area contributed by atoms with E-state index in [2.05, 4.69) is 21.5 Å². The quantitative estimate of drug-likeness (QED) is 0.682. The lowest BCUT2D eigenvalue weighted by Gasteiger charge is -2.34. The first-order valence-corrected chi connectivity index (χ1v) is 9.90. The highest BCUT2D eigenvalue weighted by molar-refractivity contribution is 7.10. The van der Waals surface area contributed by atoms with Crippen molar-refractivity contribution in [2.45, 2.75) is 24.8 Å². The Morgan fingerprint density at radius 1 is 1.22 bits per heavy atom. The number of carbonyl (C=O) groups excluding carboxylic acids is 1. The molecular formula is C19H16ClN5OS. The van der Waals surface area contributed by atoms with Crippen LogP contribution in [0.25, 0.3) is 0 Å². The number of hydrogen-bond donors (Lipinski definition) is 2. The van der Waals surface area contributed by atoms with Gasteiger partial charge in [-0.2, -0.15) is 4.98 Å². The molecule has 0 fully saturated rings. The highest BCUT2D eigenvalue weighted by atomic mass is 35.5. The molecule has 1 aromatic carbocycles. The zero-order valence-corrected chi connectivity index (χ0v) is 15.8. The van der Waals surface area contributed by atoms with Crippen LogP contribution < -0.4 is 11.1 Å². The molecule has 1 aliphatic carbocycles. The van der Waals surface area contributed by atoms with Crippen LogP contribution in [0.4, 0.5) is 11.9 Å². The molecule has 0 radical (unpaired) electrons. The zero-order valence-electron chi connectivity index (χ0n) is 14.2. The number of fused-ring (bicyclic) bond motifs is 1. The van der Waals surface area contributed by atoms with Crippen LogP contribution in [-0.2, 0) is 4.79 Å². The van der Waals surface area contributed by atoms with Crippen molar-refractivity contribution >= 4 is 40.6 Å². The Labute approximate surface area is 164 Å². The van der Waals surface area contributed by atoms with Crippen molar-refractivity contribution in [2.24, 2.45) is 0 Å². The van der Waals surface area contributed by atoms with Gasteiger partial charge in [0.15, 0.2) is 5.78 Å². The summed E-state index contributed by atoms with van der Waals surface area (Å²) in [5.41, 5.74) is 8.42. The number of Topliss-reactive ketones (excluding diaryl/α,β-unsaturated/α-hetero) is 1. The molecule has 3 N–H and O–H groups in total. The van der Waals surface area contributed by atoms with Gasteiger partial charge in [-0.05, 0) is 35.6 Å². The first kappa shape index (κ1) is 16.5. The van der Waals surface area contributed by atoms with Crippen LogP contribution in [0.1, 0.15) is 35.2 Å². The normalized spacial score (nSPS) is 21.6. The number of aromatic nitrogens is 3. The van der Waals surface area contributed by atoms with Crippen molar-refractivity contribution in [3.63, 3.8) is 0 Å². The van der Waals surface area contributed by atoms with Gasteiger partial charge in [-0.3, -0.25) is 4.79 Å². The number of hydrogen-bond acceptors (Lipinski definition) is 6. The van der Waals surface area contributed by atoms with Crippen LogP contribution in [0.5, 0.6) is 0 Å². The number of thiophene rings is 1. The number of rotatable bonds is 2. The second-order valence-corrected chi connectivity index (χ2v) is 8.17. The van der Waals surface area contributed by atoms with Crippen molar-refractivity contribution in [3.05, 3.63) is 68.5 Å². The van der Waals surface area contributed by atoms with Crippen molar-refractivity contribution < 1.29 is 4.79 Å². The number of allylic oxidation sites excluding steroid dienone is 2. The van der Waals surface area contributed by atoms with Crippen LogP contribution in [-0.4, -0.2) is 20.5 Å². The fourth-order valence-electron chi connectivity index (χ4n) is 3.91. The molecule has 0 saturated carbocycles. The lowest BCUT2D eigenvalue weighted by atomic mass is 9.80. The van der Waals surface area contributed by atoms with E-state index >= 15 is 0 Å². The molecule has 0 spiro atoms. The van der Waals surface area contributed by atoms with Gasteiger partial charge in [0.25, 0.3) is 0 Å². The molecule has 1 aliphatic heterocycles. The van der Waals surface area contributed by atoms with Crippen LogP contribution >= 0.6 is 22.9 Å². The molecule has 2 atom stereocenters. The molecule has 3 aromatic rings. The molecular weight excluding hydrogens is 382 g/mol. The van der Waals surface area contributed by atoms with Gasteiger partial charge in [0.05, 0.1) is 0 Å². The largest absolute Gasteiger partial charge is 0.366 e. The zero-order chi connectivity index (χ0) is 18.5. The number of halogens is 1. The Balaban J connectivity index is 1.63. The molecule has 0 amide bonds. The van der Waals surface area contributed by atoms with Gasteiger partial charge in [0.1, 0.15) is 6.04 Å². The van der Waals surface area contributed by atoms with E-state index in [1.54, 1.807) is 16.0 Å². The van der Waals surface area contributed by atoms with Gasteiger partial charge in [-0.1, -0.05) is 29.8 Å². The molecule has 5 rings (SSSR count). The van der Waals surface area contributed by atoms with Crippen LogP contribution in [0, 0.1) is 0 Å². The average molecular weight is 398 g/mol. The highest BCUT2D eigenvalue weighted by Crippen LogP contribution is 2.44. The molecule has 8 heteroatoms. The molecule has 0 bridgehead atoms. The summed E-state index contributed by atoms with van der Waals surface area (Å²) >= 11 is 7.74. The number of nitrogens with two attached hydrogens (primary N) is 1. The maximum absolute atomic E-state index is 13.2. The standard InChI is InChI=1S/C19H16ClN5OS/c20-12-5-3-10(4-6-12)17-16-13(22-19-23-18(21)24-25(17)19)8-11(9-14(16)26)15-2-1-7-27-15/h1-7,11,17H,8-9H2,(H3,21,22,23,24)/t11-,17-/m1/s1. The Bertz CT molecular complexity index is 1050. The van der Waals surface area contributed by atoms with Gasteiger partial charge < -0.3 is 11.1 Å².